The minimum absolute atomic E-state index is 0.116. The molecule has 1 aromatic rings. The molecule has 0 bridgehead atoms. The monoisotopic (exact) mass is 251 g/mol. The second-order valence-corrected chi connectivity index (χ2v) is 4.32. The number of rotatable bonds is 8. The molecule has 100 valence electrons. The lowest BCUT2D eigenvalue weighted by atomic mass is 10.2. The van der Waals surface area contributed by atoms with Crippen molar-refractivity contribution in [3.05, 3.63) is 29.8 Å². The van der Waals surface area contributed by atoms with Crippen LogP contribution in [0.15, 0.2) is 24.3 Å². The van der Waals surface area contributed by atoms with Gasteiger partial charge < -0.3 is 19.5 Å². The van der Waals surface area contributed by atoms with Crippen molar-refractivity contribution in [2.45, 2.75) is 26.7 Å². The minimum atomic E-state index is -1.20. The summed E-state index contributed by atoms with van der Waals surface area (Å²) in [7, 11) is 0. The van der Waals surface area contributed by atoms with E-state index in [1.165, 1.54) is 11.0 Å². The summed E-state index contributed by atoms with van der Waals surface area (Å²) in [5.41, 5.74) is 0.116. The number of hydrogen-bond donors (Lipinski definition) is 1. The van der Waals surface area contributed by atoms with Crippen LogP contribution in [-0.4, -0.2) is 25.8 Å². The van der Waals surface area contributed by atoms with Gasteiger partial charge in [-0.25, -0.2) is 0 Å². The fourth-order valence-corrected chi connectivity index (χ4v) is 1.92. The number of para-hydroxylation sites is 1. The maximum atomic E-state index is 10.9. The number of ether oxygens (including phenoxy) is 1. The lowest BCUT2D eigenvalue weighted by Gasteiger charge is -2.19. The van der Waals surface area contributed by atoms with Crippen molar-refractivity contribution in [3.63, 3.8) is 0 Å². The molecule has 0 unspecified atom stereocenters. The third kappa shape index (κ3) is 4.37. The standard InChI is InChI=1S/C14H21NO3/c1-3-9-15(10-4-2)11-18-13-8-6-5-7-12(13)14(16)17/h5-8H,3-4,9-11H2,1-2H3,(H,16,17). The number of carboxylic acids is 1. The van der Waals surface area contributed by atoms with Crippen LogP contribution in [0.1, 0.15) is 37.0 Å². The first-order valence-electron chi connectivity index (χ1n) is 6.45. The van der Waals surface area contributed by atoms with Crippen LogP contribution in [0.3, 0.4) is 0 Å². The summed E-state index contributed by atoms with van der Waals surface area (Å²) in [5.74, 6) is -0.805. The molecule has 0 fully saturated rings. The van der Waals surface area contributed by atoms with Crippen LogP contribution in [-0.2, 0) is 0 Å². The Kier molecular flexibility index (Phi) is 6.22. The van der Waals surface area contributed by atoms with Crippen LogP contribution < -0.4 is 14.7 Å². The van der Waals surface area contributed by atoms with E-state index in [0.717, 1.165) is 25.9 Å². The van der Waals surface area contributed by atoms with E-state index in [4.69, 9.17) is 4.74 Å². The molecule has 1 N–H and O–H groups in total. The second kappa shape index (κ2) is 7.71. The van der Waals surface area contributed by atoms with E-state index in [1.54, 1.807) is 18.2 Å². The van der Waals surface area contributed by atoms with E-state index < -0.39 is 5.97 Å². The zero-order chi connectivity index (χ0) is 13.4. The van der Waals surface area contributed by atoms with E-state index in [1.807, 2.05) is 0 Å². The minimum Gasteiger partial charge on any atom is -0.545 e. The first kappa shape index (κ1) is 14.5. The van der Waals surface area contributed by atoms with Crippen molar-refractivity contribution in [2.75, 3.05) is 19.8 Å². The van der Waals surface area contributed by atoms with Gasteiger partial charge in [-0.15, -0.1) is 0 Å². The average Bonchev–Trinajstić information content (AvgIpc) is 2.36. The van der Waals surface area contributed by atoms with Gasteiger partial charge in [0.25, 0.3) is 0 Å². The van der Waals surface area contributed by atoms with Gasteiger partial charge in [0, 0.05) is 5.56 Å². The normalized spacial score (nSPS) is 10.6. The Morgan fingerprint density at radius 3 is 2.39 bits per heavy atom. The van der Waals surface area contributed by atoms with Crippen molar-refractivity contribution < 1.29 is 19.5 Å². The Hall–Kier alpha value is -1.55. The SMILES string of the molecule is CCC[NH+](CCC)COc1ccccc1C(=O)[O-]. The summed E-state index contributed by atoms with van der Waals surface area (Å²) < 4.78 is 5.61. The molecule has 1 aromatic carbocycles. The van der Waals surface area contributed by atoms with Gasteiger partial charge in [0.15, 0.2) is 0 Å². The highest BCUT2D eigenvalue weighted by molar-refractivity contribution is 5.89. The second-order valence-electron chi connectivity index (χ2n) is 4.32. The predicted octanol–water partition coefficient (Wildman–Crippen LogP) is 0.0913. The summed E-state index contributed by atoms with van der Waals surface area (Å²) in [5, 5.41) is 10.9. The van der Waals surface area contributed by atoms with Crippen LogP contribution >= 0.6 is 0 Å². The Bertz CT molecular complexity index is 373. The quantitative estimate of drug-likeness (QED) is 0.666. The highest BCUT2D eigenvalue weighted by Gasteiger charge is 2.09. The van der Waals surface area contributed by atoms with Crippen LogP contribution in [0, 0.1) is 0 Å². The molecular formula is C14H21NO3. The van der Waals surface area contributed by atoms with Crippen molar-refractivity contribution in [1.29, 1.82) is 0 Å². The lowest BCUT2D eigenvalue weighted by Crippen LogP contribution is -3.12. The number of carbonyl (C=O) groups excluding carboxylic acids is 1. The van der Waals surface area contributed by atoms with Crippen molar-refractivity contribution in [2.24, 2.45) is 0 Å². The zero-order valence-electron chi connectivity index (χ0n) is 11.1. The number of quaternary nitrogens is 1. The summed E-state index contributed by atoms with van der Waals surface area (Å²) >= 11 is 0. The molecule has 4 nitrogen and oxygen atoms in total. The molecule has 1 rings (SSSR count). The molecule has 0 aliphatic rings. The van der Waals surface area contributed by atoms with Crippen LogP contribution in [0.25, 0.3) is 0 Å². The molecule has 0 radical (unpaired) electrons. The van der Waals surface area contributed by atoms with Crippen LogP contribution in [0.5, 0.6) is 5.75 Å². The zero-order valence-corrected chi connectivity index (χ0v) is 11.1. The van der Waals surface area contributed by atoms with Gasteiger partial charge in [-0.2, -0.15) is 0 Å². The highest BCUT2D eigenvalue weighted by atomic mass is 16.5. The van der Waals surface area contributed by atoms with Crippen molar-refractivity contribution >= 4 is 5.97 Å². The Morgan fingerprint density at radius 2 is 1.83 bits per heavy atom. The number of nitrogens with one attached hydrogen (secondary N) is 1. The Labute approximate surface area is 108 Å². The third-order valence-corrected chi connectivity index (χ3v) is 2.75. The number of aromatic carboxylic acids is 1. The Morgan fingerprint density at radius 1 is 1.22 bits per heavy atom. The number of carbonyl (C=O) groups is 1. The smallest absolute Gasteiger partial charge is 0.222 e. The molecule has 0 saturated carbocycles. The number of hydrogen-bond acceptors (Lipinski definition) is 3. The van der Waals surface area contributed by atoms with Gasteiger partial charge in [0.1, 0.15) is 5.75 Å². The van der Waals surface area contributed by atoms with Gasteiger partial charge in [-0.3, -0.25) is 0 Å². The highest BCUT2D eigenvalue weighted by Crippen LogP contribution is 2.16. The molecular weight excluding hydrogens is 230 g/mol. The maximum Gasteiger partial charge on any atom is 0.222 e. The molecule has 0 saturated heterocycles. The molecule has 0 aromatic heterocycles. The molecule has 0 heterocycles. The molecule has 0 amide bonds. The molecule has 0 atom stereocenters. The maximum absolute atomic E-state index is 10.9. The number of carboxylic acid groups (broad SMARTS) is 1. The summed E-state index contributed by atoms with van der Waals surface area (Å²) in [6, 6.07) is 6.60. The van der Waals surface area contributed by atoms with Gasteiger partial charge in [-0.1, -0.05) is 26.0 Å². The summed E-state index contributed by atoms with van der Waals surface area (Å²) in [6.45, 7) is 6.81. The molecule has 18 heavy (non-hydrogen) atoms. The van der Waals surface area contributed by atoms with E-state index in [0.29, 0.717) is 12.5 Å². The van der Waals surface area contributed by atoms with E-state index in [-0.39, 0.29) is 5.56 Å². The van der Waals surface area contributed by atoms with Gasteiger partial charge in [0.05, 0.1) is 19.1 Å². The largest absolute Gasteiger partial charge is 0.545 e. The number of benzene rings is 1. The van der Waals surface area contributed by atoms with Crippen molar-refractivity contribution in [1.82, 2.24) is 0 Å². The molecule has 4 heteroatoms. The predicted molar refractivity (Wildman–Crippen MR) is 67.5 cm³/mol. The fourth-order valence-electron chi connectivity index (χ4n) is 1.92. The molecule has 0 spiro atoms. The van der Waals surface area contributed by atoms with Crippen molar-refractivity contribution in [3.8, 4) is 5.75 Å². The fraction of sp³-hybridized carbons (Fsp3) is 0.500. The molecule has 0 aliphatic carbocycles. The van der Waals surface area contributed by atoms with Gasteiger partial charge in [-0.05, 0) is 25.0 Å². The topological polar surface area (TPSA) is 53.8 Å². The molecule has 0 aliphatic heterocycles. The van der Waals surface area contributed by atoms with Crippen LogP contribution in [0.4, 0.5) is 0 Å². The van der Waals surface area contributed by atoms with E-state index >= 15 is 0 Å². The van der Waals surface area contributed by atoms with Gasteiger partial charge >= 0.3 is 0 Å². The Balaban J connectivity index is 2.63. The first-order valence-corrected chi connectivity index (χ1v) is 6.45. The lowest BCUT2D eigenvalue weighted by molar-refractivity contribution is -0.915. The third-order valence-electron chi connectivity index (χ3n) is 2.75. The van der Waals surface area contributed by atoms with E-state index in [9.17, 15) is 9.90 Å². The van der Waals surface area contributed by atoms with E-state index in [2.05, 4.69) is 13.8 Å². The first-order chi connectivity index (χ1) is 8.69. The van der Waals surface area contributed by atoms with Crippen LogP contribution in [0.2, 0.25) is 0 Å². The average molecular weight is 251 g/mol. The van der Waals surface area contributed by atoms with Gasteiger partial charge in [0.2, 0.25) is 6.73 Å². The summed E-state index contributed by atoms with van der Waals surface area (Å²) in [4.78, 5) is 12.2. The summed E-state index contributed by atoms with van der Waals surface area (Å²) in [6.07, 6.45) is 2.17.